The first-order chi connectivity index (χ1) is 13.6. The second-order valence-electron chi connectivity index (χ2n) is 6.00. The summed E-state index contributed by atoms with van der Waals surface area (Å²) in [7, 11) is 1.57. The van der Waals surface area contributed by atoms with E-state index in [2.05, 4.69) is 9.97 Å². The maximum atomic E-state index is 12.7. The van der Waals surface area contributed by atoms with E-state index in [0.29, 0.717) is 21.5 Å². The maximum Gasteiger partial charge on any atom is 0.227 e. The van der Waals surface area contributed by atoms with Gasteiger partial charge in [-0.2, -0.15) is 0 Å². The highest BCUT2D eigenvalue weighted by atomic mass is 35.5. The van der Waals surface area contributed by atoms with Crippen LogP contribution in [0.3, 0.4) is 0 Å². The van der Waals surface area contributed by atoms with Gasteiger partial charge in [-0.25, -0.2) is 9.97 Å². The molecule has 4 aromatic rings. The molecule has 0 radical (unpaired) electrons. The molecule has 0 saturated carbocycles. The van der Waals surface area contributed by atoms with Crippen molar-refractivity contribution >= 4 is 39.4 Å². The van der Waals surface area contributed by atoms with E-state index < -0.39 is 0 Å². The minimum Gasteiger partial charge on any atom is -0.497 e. The van der Waals surface area contributed by atoms with E-state index in [-0.39, 0.29) is 5.12 Å². The Morgan fingerprint density at radius 2 is 1.79 bits per heavy atom. The van der Waals surface area contributed by atoms with E-state index in [1.54, 1.807) is 37.4 Å². The van der Waals surface area contributed by atoms with E-state index in [0.717, 1.165) is 33.9 Å². The van der Waals surface area contributed by atoms with E-state index in [1.165, 1.54) is 0 Å². The summed E-state index contributed by atoms with van der Waals surface area (Å²) in [4.78, 5) is 21.9. The molecule has 6 heteroatoms. The van der Waals surface area contributed by atoms with Gasteiger partial charge in [0.05, 0.1) is 18.3 Å². The topological polar surface area (TPSA) is 52.1 Å². The Hall–Kier alpha value is -2.89. The van der Waals surface area contributed by atoms with Gasteiger partial charge < -0.3 is 4.74 Å². The molecule has 4 nitrogen and oxygen atoms in total. The Bertz CT molecular complexity index is 1170. The van der Waals surface area contributed by atoms with Crippen molar-refractivity contribution in [1.29, 1.82) is 0 Å². The molecule has 0 atom stereocenters. The summed E-state index contributed by atoms with van der Waals surface area (Å²) >= 11 is 7.18. The monoisotopic (exact) mass is 406 g/mol. The van der Waals surface area contributed by atoms with E-state index in [1.807, 2.05) is 42.5 Å². The molecule has 0 aliphatic heterocycles. The third-order valence-electron chi connectivity index (χ3n) is 4.17. The van der Waals surface area contributed by atoms with Crippen LogP contribution in [-0.4, -0.2) is 22.2 Å². The van der Waals surface area contributed by atoms with Gasteiger partial charge in [-0.3, -0.25) is 4.79 Å². The highest BCUT2D eigenvalue weighted by Gasteiger charge is 2.15. The number of hydrogen-bond donors (Lipinski definition) is 0. The first-order valence-electron chi connectivity index (χ1n) is 8.53. The van der Waals surface area contributed by atoms with Crippen molar-refractivity contribution in [3.05, 3.63) is 83.4 Å². The second kappa shape index (κ2) is 8.00. The summed E-state index contributed by atoms with van der Waals surface area (Å²) < 4.78 is 5.20. The molecule has 0 saturated heterocycles. The fourth-order valence-corrected chi connectivity index (χ4v) is 3.70. The van der Waals surface area contributed by atoms with Crippen molar-refractivity contribution in [2.45, 2.75) is 5.16 Å². The number of ether oxygens (including phenoxy) is 1. The van der Waals surface area contributed by atoms with E-state index in [9.17, 15) is 4.79 Å². The smallest absolute Gasteiger partial charge is 0.227 e. The molecule has 0 bridgehead atoms. The van der Waals surface area contributed by atoms with Crippen molar-refractivity contribution < 1.29 is 9.53 Å². The quantitative estimate of drug-likeness (QED) is 0.312. The number of nitrogens with zero attached hydrogens (tertiary/aromatic N) is 2. The molecule has 138 valence electrons. The molecule has 0 unspecified atom stereocenters. The lowest BCUT2D eigenvalue weighted by Crippen LogP contribution is -1.99. The molecule has 0 aliphatic rings. The molecule has 4 rings (SSSR count). The van der Waals surface area contributed by atoms with Gasteiger partial charge in [-0.15, -0.1) is 0 Å². The minimum atomic E-state index is -0.147. The van der Waals surface area contributed by atoms with Gasteiger partial charge in [0.2, 0.25) is 5.12 Å². The van der Waals surface area contributed by atoms with Crippen LogP contribution in [0.25, 0.3) is 22.2 Å². The molecule has 0 N–H and O–H groups in total. The maximum absolute atomic E-state index is 12.7. The molecular formula is C22H15ClN2O2S. The second-order valence-corrected chi connectivity index (χ2v) is 7.38. The predicted molar refractivity (Wildman–Crippen MR) is 113 cm³/mol. The normalized spacial score (nSPS) is 10.8. The zero-order valence-electron chi connectivity index (χ0n) is 14.9. The molecule has 1 aromatic heterocycles. The number of methoxy groups -OCH3 is 1. The molecular weight excluding hydrogens is 392 g/mol. The Kier molecular flexibility index (Phi) is 5.28. The van der Waals surface area contributed by atoms with Crippen LogP contribution in [0.2, 0.25) is 5.02 Å². The first kappa shape index (κ1) is 18.5. The number of carbonyl (C=O) groups excluding carboxylic acids is 1. The van der Waals surface area contributed by atoms with Gasteiger partial charge in [0, 0.05) is 21.5 Å². The van der Waals surface area contributed by atoms with Gasteiger partial charge in [-0.05, 0) is 42.1 Å². The summed E-state index contributed by atoms with van der Waals surface area (Å²) in [6, 6.07) is 22.3. The standard InChI is InChI=1S/C22H15ClN2O2S/c1-27-17-9-5-8-15(12-17)21(26)28-22-24-19-11-10-16(23)13-18(19)20(25-22)14-6-3-2-4-7-14/h2-13H,1H3. The van der Waals surface area contributed by atoms with Crippen LogP contribution in [0.5, 0.6) is 5.75 Å². The minimum absolute atomic E-state index is 0.147. The number of aromatic nitrogens is 2. The third-order valence-corrected chi connectivity index (χ3v) is 5.20. The van der Waals surface area contributed by atoms with E-state index in [4.69, 9.17) is 16.3 Å². The van der Waals surface area contributed by atoms with Gasteiger partial charge in [0.1, 0.15) is 5.75 Å². The van der Waals surface area contributed by atoms with Gasteiger partial charge in [0.15, 0.2) is 5.16 Å². The number of halogens is 1. The van der Waals surface area contributed by atoms with Crippen LogP contribution in [0.15, 0.2) is 78.0 Å². The number of benzene rings is 3. The number of fused-ring (bicyclic) bond motifs is 1. The fraction of sp³-hybridized carbons (Fsp3) is 0.0455. The summed E-state index contributed by atoms with van der Waals surface area (Å²) in [5, 5.41) is 1.70. The summed E-state index contributed by atoms with van der Waals surface area (Å²) in [5.41, 5.74) is 2.95. The predicted octanol–water partition coefficient (Wildman–Crippen LogP) is 5.89. The number of hydrogen-bond acceptors (Lipinski definition) is 5. The number of carbonyl (C=O) groups is 1. The highest BCUT2D eigenvalue weighted by Crippen LogP contribution is 2.31. The average Bonchev–Trinajstić information content (AvgIpc) is 2.74. The van der Waals surface area contributed by atoms with Gasteiger partial charge in [-0.1, -0.05) is 54.1 Å². The fourth-order valence-electron chi connectivity index (χ4n) is 2.83. The van der Waals surface area contributed by atoms with Crippen LogP contribution in [-0.2, 0) is 0 Å². The van der Waals surface area contributed by atoms with Crippen LogP contribution in [0.1, 0.15) is 10.4 Å². The van der Waals surface area contributed by atoms with Crippen molar-refractivity contribution in [2.24, 2.45) is 0 Å². The summed E-state index contributed by atoms with van der Waals surface area (Å²) in [5.74, 6) is 0.630. The molecule has 28 heavy (non-hydrogen) atoms. The highest BCUT2D eigenvalue weighted by molar-refractivity contribution is 8.14. The van der Waals surface area contributed by atoms with Crippen LogP contribution >= 0.6 is 23.4 Å². The third kappa shape index (κ3) is 3.86. The van der Waals surface area contributed by atoms with Crippen LogP contribution < -0.4 is 4.74 Å². The molecule has 1 heterocycles. The summed E-state index contributed by atoms with van der Waals surface area (Å²) in [6.45, 7) is 0. The molecule has 3 aromatic carbocycles. The van der Waals surface area contributed by atoms with Crippen molar-refractivity contribution in [3.63, 3.8) is 0 Å². The lowest BCUT2D eigenvalue weighted by atomic mass is 10.1. The summed E-state index contributed by atoms with van der Waals surface area (Å²) in [6.07, 6.45) is 0. The molecule has 0 spiro atoms. The Balaban J connectivity index is 1.77. The number of thioether (sulfide) groups is 1. The molecule has 0 amide bonds. The van der Waals surface area contributed by atoms with Crippen molar-refractivity contribution in [3.8, 4) is 17.0 Å². The van der Waals surface area contributed by atoms with Crippen LogP contribution in [0, 0.1) is 0 Å². The molecule has 0 fully saturated rings. The Morgan fingerprint density at radius 3 is 2.57 bits per heavy atom. The largest absolute Gasteiger partial charge is 0.497 e. The first-order valence-corrected chi connectivity index (χ1v) is 9.72. The zero-order valence-corrected chi connectivity index (χ0v) is 16.5. The number of rotatable bonds is 4. The van der Waals surface area contributed by atoms with E-state index >= 15 is 0 Å². The van der Waals surface area contributed by atoms with Crippen molar-refractivity contribution in [2.75, 3.05) is 7.11 Å². The van der Waals surface area contributed by atoms with Crippen LogP contribution in [0.4, 0.5) is 0 Å². The zero-order chi connectivity index (χ0) is 19.5. The SMILES string of the molecule is COc1cccc(C(=O)Sc2nc(-c3ccccc3)c3cc(Cl)ccc3n2)c1. The average molecular weight is 407 g/mol. The lowest BCUT2D eigenvalue weighted by molar-refractivity contribution is 0.108. The van der Waals surface area contributed by atoms with Gasteiger partial charge >= 0.3 is 0 Å². The van der Waals surface area contributed by atoms with Gasteiger partial charge in [0.25, 0.3) is 0 Å². The van der Waals surface area contributed by atoms with Crippen molar-refractivity contribution in [1.82, 2.24) is 9.97 Å². The Labute approximate surface area is 171 Å². The Morgan fingerprint density at radius 1 is 0.964 bits per heavy atom. The lowest BCUT2D eigenvalue weighted by Gasteiger charge is -2.09. The molecule has 0 aliphatic carbocycles.